The van der Waals surface area contributed by atoms with Crippen LogP contribution in [0.3, 0.4) is 0 Å². The topological polar surface area (TPSA) is 29.4 Å². The van der Waals surface area contributed by atoms with Gasteiger partial charge in [0.15, 0.2) is 0 Å². The van der Waals surface area contributed by atoms with E-state index in [1.165, 1.54) is 10.8 Å². The predicted molar refractivity (Wildman–Crippen MR) is 38.3 cm³/mol. The standard InChI is InChI=1S/C4H7NOS2/c1-3-5-4(2)8(6)7-3/h4H,1-2H3. The van der Waals surface area contributed by atoms with E-state index >= 15 is 0 Å². The van der Waals surface area contributed by atoms with E-state index in [4.69, 9.17) is 0 Å². The maximum Gasteiger partial charge on any atom is 0.133 e. The average Bonchev–Trinajstić information content (AvgIpc) is 1.85. The van der Waals surface area contributed by atoms with Gasteiger partial charge in [0.1, 0.15) is 15.2 Å². The second-order valence-electron chi connectivity index (χ2n) is 1.59. The highest BCUT2D eigenvalue weighted by Gasteiger charge is 2.18. The Labute approximate surface area is 54.6 Å². The molecule has 0 aromatic heterocycles. The van der Waals surface area contributed by atoms with E-state index in [2.05, 4.69) is 4.99 Å². The molecule has 0 bridgehead atoms. The fraction of sp³-hybridized carbons (Fsp3) is 0.750. The molecule has 0 aliphatic carbocycles. The van der Waals surface area contributed by atoms with Crippen LogP contribution in [-0.2, 0) is 9.83 Å². The lowest BCUT2D eigenvalue weighted by Gasteiger charge is -1.88. The fourth-order valence-electron chi connectivity index (χ4n) is 0.509. The Hall–Kier alpha value is 0.170. The summed E-state index contributed by atoms with van der Waals surface area (Å²) < 4.78 is 10.7. The zero-order valence-electron chi connectivity index (χ0n) is 4.75. The highest BCUT2D eigenvalue weighted by atomic mass is 33.1. The molecule has 1 aliphatic heterocycles. The summed E-state index contributed by atoms with van der Waals surface area (Å²) in [5, 5.41) is 0.954. The summed E-state index contributed by atoms with van der Waals surface area (Å²) >= 11 is 0. The molecule has 1 aliphatic rings. The third-order valence-corrected chi connectivity index (χ3v) is 4.07. The van der Waals surface area contributed by atoms with Crippen LogP contribution in [0.15, 0.2) is 4.99 Å². The lowest BCUT2D eigenvalue weighted by Crippen LogP contribution is -1.95. The van der Waals surface area contributed by atoms with Crippen LogP contribution < -0.4 is 0 Å². The van der Waals surface area contributed by atoms with E-state index in [1.54, 1.807) is 0 Å². The van der Waals surface area contributed by atoms with Gasteiger partial charge in [0, 0.05) is 0 Å². The molecule has 46 valence electrons. The van der Waals surface area contributed by atoms with Gasteiger partial charge in [0.05, 0.1) is 5.04 Å². The van der Waals surface area contributed by atoms with Crippen LogP contribution in [0, 0.1) is 0 Å². The number of hydrogen-bond acceptors (Lipinski definition) is 3. The largest absolute Gasteiger partial charge is 0.265 e. The minimum Gasteiger partial charge on any atom is -0.265 e. The maximum atomic E-state index is 10.7. The van der Waals surface area contributed by atoms with Crippen molar-refractivity contribution in [3.63, 3.8) is 0 Å². The van der Waals surface area contributed by atoms with Gasteiger partial charge in [-0.15, -0.1) is 0 Å². The summed E-state index contributed by atoms with van der Waals surface area (Å²) in [4.78, 5) is 4.05. The number of rotatable bonds is 0. The van der Waals surface area contributed by atoms with Gasteiger partial charge in [0.25, 0.3) is 0 Å². The zero-order valence-corrected chi connectivity index (χ0v) is 6.38. The first-order valence-electron chi connectivity index (χ1n) is 2.33. The Kier molecular flexibility index (Phi) is 1.72. The minimum atomic E-state index is -0.785. The maximum absolute atomic E-state index is 10.7. The van der Waals surface area contributed by atoms with Crippen LogP contribution in [0.25, 0.3) is 0 Å². The van der Waals surface area contributed by atoms with Crippen LogP contribution in [-0.4, -0.2) is 14.6 Å². The molecule has 1 heterocycles. The molecule has 4 heteroatoms. The van der Waals surface area contributed by atoms with Crippen molar-refractivity contribution in [1.82, 2.24) is 0 Å². The Morgan fingerprint density at radius 1 is 1.88 bits per heavy atom. The highest BCUT2D eigenvalue weighted by molar-refractivity contribution is 8.76. The first-order chi connectivity index (χ1) is 3.70. The first kappa shape index (κ1) is 6.29. The van der Waals surface area contributed by atoms with E-state index in [9.17, 15) is 4.21 Å². The molecular formula is C4H7NOS2. The molecule has 0 spiro atoms. The second-order valence-corrected chi connectivity index (χ2v) is 5.04. The molecule has 0 saturated heterocycles. The predicted octanol–water partition coefficient (Wildman–Crippen LogP) is 1.16. The molecule has 2 nitrogen and oxygen atoms in total. The molecule has 0 aromatic rings. The van der Waals surface area contributed by atoms with Crippen LogP contribution in [0.1, 0.15) is 13.8 Å². The average molecular weight is 149 g/mol. The normalized spacial score (nSPS) is 37.5. The van der Waals surface area contributed by atoms with Crippen LogP contribution in [0.2, 0.25) is 0 Å². The van der Waals surface area contributed by atoms with Gasteiger partial charge in [-0.05, 0) is 24.6 Å². The monoisotopic (exact) mass is 149 g/mol. The van der Waals surface area contributed by atoms with Crippen molar-refractivity contribution in [1.29, 1.82) is 0 Å². The number of nitrogens with zero attached hydrogens (tertiary/aromatic N) is 1. The third-order valence-electron chi connectivity index (χ3n) is 0.845. The fourth-order valence-corrected chi connectivity index (χ4v) is 2.79. The van der Waals surface area contributed by atoms with Crippen molar-refractivity contribution in [2.75, 3.05) is 0 Å². The SMILES string of the molecule is CC1=NC(C)S(=O)S1. The summed E-state index contributed by atoms with van der Waals surface area (Å²) in [7, 11) is 0.566. The molecule has 0 radical (unpaired) electrons. The van der Waals surface area contributed by atoms with Gasteiger partial charge in [-0.2, -0.15) is 0 Å². The molecule has 2 atom stereocenters. The lowest BCUT2D eigenvalue weighted by atomic mass is 10.7. The summed E-state index contributed by atoms with van der Waals surface area (Å²) in [6.07, 6.45) is 0. The lowest BCUT2D eigenvalue weighted by molar-refractivity contribution is 0.685. The smallest absolute Gasteiger partial charge is 0.133 e. The van der Waals surface area contributed by atoms with Crippen LogP contribution in [0.5, 0.6) is 0 Å². The highest BCUT2D eigenvalue weighted by Crippen LogP contribution is 2.23. The molecule has 0 saturated carbocycles. The third kappa shape index (κ3) is 1.11. The molecular weight excluding hydrogens is 142 g/mol. The zero-order chi connectivity index (χ0) is 6.15. The summed E-state index contributed by atoms with van der Waals surface area (Å²) in [6, 6.07) is 0. The molecule has 8 heavy (non-hydrogen) atoms. The van der Waals surface area contributed by atoms with E-state index in [-0.39, 0.29) is 5.37 Å². The Morgan fingerprint density at radius 3 is 2.62 bits per heavy atom. The molecule has 0 amide bonds. The molecule has 0 aromatic carbocycles. The van der Waals surface area contributed by atoms with E-state index in [0.717, 1.165) is 5.04 Å². The van der Waals surface area contributed by atoms with E-state index in [1.807, 2.05) is 13.8 Å². The van der Waals surface area contributed by atoms with Crippen LogP contribution >= 0.6 is 10.8 Å². The Balaban J connectivity index is 2.69. The molecule has 2 unspecified atom stereocenters. The summed E-state index contributed by atoms with van der Waals surface area (Å²) in [5.74, 6) is 0. The Bertz CT molecular complexity index is 154. The van der Waals surface area contributed by atoms with Crippen molar-refractivity contribution in [3.8, 4) is 0 Å². The van der Waals surface area contributed by atoms with Gasteiger partial charge in [-0.3, -0.25) is 4.99 Å². The van der Waals surface area contributed by atoms with Crippen molar-refractivity contribution >= 4 is 25.7 Å². The van der Waals surface area contributed by atoms with Crippen molar-refractivity contribution in [3.05, 3.63) is 0 Å². The van der Waals surface area contributed by atoms with Gasteiger partial charge < -0.3 is 0 Å². The van der Waals surface area contributed by atoms with Gasteiger partial charge in [0.2, 0.25) is 0 Å². The van der Waals surface area contributed by atoms with Crippen molar-refractivity contribution in [2.45, 2.75) is 19.2 Å². The van der Waals surface area contributed by atoms with E-state index in [0.29, 0.717) is 0 Å². The number of aliphatic imine (C=N–C) groups is 1. The van der Waals surface area contributed by atoms with Crippen molar-refractivity contribution < 1.29 is 4.21 Å². The molecule has 1 rings (SSSR count). The van der Waals surface area contributed by atoms with Crippen molar-refractivity contribution in [2.24, 2.45) is 4.99 Å². The Morgan fingerprint density at radius 2 is 2.50 bits per heavy atom. The molecule has 0 fully saturated rings. The second kappa shape index (κ2) is 2.19. The van der Waals surface area contributed by atoms with E-state index < -0.39 is 9.83 Å². The summed E-state index contributed by atoms with van der Waals surface area (Å²) in [5.41, 5.74) is 0. The molecule has 0 N–H and O–H groups in total. The quantitative estimate of drug-likeness (QED) is 0.484. The van der Waals surface area contributed by atoms with Gasteiger partial charge >= 0.3 is 0 Å². The van der Waals surface area contributed by atoms with Gasteiger partial charge in [-0.25, -0.2) is 4.21 Å². The summed E-state index contributed by atoms with van der Waals surface area (Å²) in [6.45, 7) is 3.74. The minimum absolute atomic E-state index is 0.0139. The number of hydrogen-bond donors (Lipinski definition) is 0. The van der Waals surface area contributed by atoms with Crippen LogP contribution in [0.4, 0.5) is 0 Å². The first-order valence-corrected chi connectivity index (χ1v) is 4.88. The van der Waals surface area contributed by atoms with Gasteiger partial charge in [-0.1, -0.05) is 0 Å².